The van der Waals surface area contributed by atoms with E-state index in [2.05, 4.69) is 0 Å². The Morgan fingerprint density at radius 3 is 2.53 bits per heavy atom. The van der Waals surface area contributed by atoms with Gasteiger partial charge in [0.15, 0.2) is 0 Å². The molecule has 1 aliphatic heterocycles. The highest BCUT2D eigenvalue weighted by molar-refractivity contribution is 6.17. The van der Waals surface area contributed by atoms with Crippen LogP contribution in [0.1, 0.15) is 12.0 Å². The molecule has 0 amide bonds. The van der Waals surface area contributed by atoms with Crippen LogP contribution >= 0.6 is 11.6 Å². The monoisotopic (exact) mass is 261 g/mol. The maximum Gasteiger partial charge on any atom is 0.149 e. The maximum atomic E-state index is 13.8. The zero-order valence-corrected chi connectivity index (χ0v) is 10.1. The second kappa shape index (κ2) is 5.65. The van der Waals surface area contributed by atoms with Crippen molar-refractivity contribution >= 4 is 17.3 Å². The van der Waals surface area contributed by atoms with E-state index in [1.807, 2.05) is 0 Å². The van der Waals surface area contributed by atoms with Crippen molar-refractivity contribution in [2.24, 2.45) is 0 Å². The molecule has 17 heavy (non-hydrogen) atoms. The summed E-state index contributed by atoms with van der Waals surface area (Å²) in [5.41, 5.74) is 0.487. The molecule has 0 aliphatic carbocycles. The minimum atomic E-state index is -0.553. The van der Waals surface area contributed by atoms with Gasteiger partial charge in [-0.2, -0.15) is 0 Å². The van der Waals surface area contributed by atoms with Crippen molar-refractivity contribution in [3.8, 4) is 0 Å². The Bertz CT molecular complexity index is 369. The van der Waals surface area contributed by atoms with E-state index in [0.29, 0.717) is 31.9 Å². The molecule has 0 spiro atoms. The van der Waals surface area contributed by atoms with Gasteiger partial charge in [0.05, 0.1) is 6.61 Å². The van der Waals surface area contributed by atoms with Crippen molar-refractivity contribution in [1.29, 1.82) is 0 Å². The average molecular weight is 262 g/mol. The molecule has 5 heteroatoms. The van der Waals surface area contributed by atoms with E-state index in [4.69, 9.17) is 16.3 Å². The summed E-state index contributed by atoms with van der Waals surface area (Å²) in [5, 5.41) is 0. The maximum absolute atomic E-state index is 13.8. The molecule has 0 saturated carbocycles. The predicted octanol–water partition coefficient (Wildman–Crippen LogP) is 2.93. The van der Waals surface area contributed by atoms with Crippen molar-refractivity contribution in [3.05, 3.63) is 29.3 Å². The summed E-state index contributed by atoms with van der Waals surface area (Å²) in [7, 11) is 0. The van der Waals surface area contributed by atoms with Gasteiger partial charge < -0.3 is 9.64 Å². The van der Waals surface area contributed by atoms with Gasteiger partial charge in [-0.25, -0.2) is 8.78 Å². The van der Waals surface area contributed by atoms with Crippen molar-refractivity contribution in [2.75, 3.05) is 31.2 Å². The summed E-state index contributed by atoms with van der Waals surface area (Å²) < 4.78 is 32.9. The van der Waals surface area contributed by atoms with Crippen LogP contribution in [0.15, 0.2) is 12.1 Å². The fourth-order valence-corrected chi connectivity index (χ4v) is 2.12. The van der Waals surface area contributed by atoms with Crippen LogP contribution in [0.2, 0.25) is 0 Å². The molecule has 94 valence electrons. The van der Waals surface area contributed by atoms with E-state index in [0.717, 1.165) is 6.42 Å². The average Bonchev–Trinajstić information content (AvgIpc) is 2.57. The zero-order chi connectivity index (χ0) is 12.3. The fraction of sp³-hybridized carbons (Fsp3) is 0.500. The van der Waals surface area contributed by atoms with Crippen molar-refractivity contribution in [3.63, 3.8) is 0 Å². The summed E-state index contributed by atoms with van der Waals surface area (Å²) in [5.74, 6) is -0.998. The van der Waals surface area contributed by atoms with E-state index in [1.165, 1.54) is 12.1 Å². The van der Waals surface area contributed by atoms with Crippen LogP contribution in [-0.4, -0.2) is 26.3 Å². The summed E-state index contributed by atoms with van der Waals surface area (Å²) in [4.78, 5) is 1.69. The lowest BCUT2D eigenvalue weighted by molar-refractivity contribution is 0.152. The van der Waals surface area contributed by atoms with Gasteiger partial charge in [0.2, 0.25) is 0 Å². The minimum absolute atomic E-state index is 0.0318. The van der Waals surface area contributed by atoms with Crippen LogP contribution in [0, 0.1) is 11.6 Å². The van der Waals surface area contributed by atoms with Gasteiger partial charge in [-0.15, -0.1) is 11.6 Å². The highest BCUT2D eigenvalue weighted by Crippen LogP contribution is 2.26. The Morgan fingerprint density at radius 2 is 1.88 bits per heavy atom. The molecule has 1 saturated heterocycles. The summed E-state index contributed by atoms with van der Waals surface area (Å²) in [6.07, 6.45) is 0.774. The van der Waals surface area contributed by atoms with Gasteiger partial charge in [-0.3, -0.25) is 0 Å². The molecular formula is C12H14ClF2NO. The number of hydrogen-bond acceptors (Lipinski definition) is 2. The fourth-order valence-electron chi connectivity index (χ4n) is 1.97. The standard InChI is InChI=1S/C12H14ClF2NO/c13-8-9-6-10(14)12(11(15)7-9)16-2-1-4-17-5-3-16/h6-7H,1-5,8H2. The molecule has 1 aliphatic rings. The van der Waals surface area contributed by atoms with E-state index in [1.54, 1.807) is 4.90 Å². The molecule has 1 heterocycles. The minimum Gasteiger partial charge on any atom is -0.380 e. The molecule has 1 aromatic rings. The van der Waals surface area contributed by atoms with Crippen LogP contribution < -0.4 is 4.90 Å². The van der Waals surface area contributed by atoms with E-state index >= 15 is 0 Å². The van der Waals surface area contributed by atoms with E-state index in [-0.39, 0.29) is 11.6 Å². The summed E-state index contributed by atoms with van der Waals surface area (Å²) in [6.45, 7) is 2.25. The molecular weight excluding hydrogens is 248 g/mol. The third kappa shape index (κ3) is 2.87. The predicted molar refractivity (Wildman–Crippen MR) is 63.6 cm³/mol. The second-order valence-electron chi connectivity index (χ2n) is 3.99. The molecule has 1 aromatic carbocycles. The van der Waals surface area contributed by atoms with E-state index in [9.17, 15) is 8.78 Å². The third-order valence-corrected chi connectivity index (χ3v) is 3.08. The molecule has 2 rings (SSSR count). The van der Waals surface area contributed by atoms with Crippen molar-refractivity contribution in [2.45, 2.75) is 12.3 Å². The molecule has 0 aromatic heterocycles. The van der Waals surface area contributed by atoms with Crippen molar-refractivity contribution in [1.82, 2.24) is 0 Å². The van der Waals surface area contributed by atoms with Gasteiger partial charge in [0.25, 0.3) is 0 Å². The van der Waals surface area contributed by atoms with Crippen LogP contribution in [0.3, 0.4) is 0 Å². The number of anilines is 1. The lowest BCUT2D eigenvalue weighted by Gasteiger charge is -2.23. The van der Waals surface area contributed by atoms with Crippen LogP contribution in [0.4, 0.5) is 14.5 Å². The molecule has 1 fully saturated rings. The van der Waals surface area contributed by atoms with Gasteiger partial charge in [-0.1, -0.05) is 0 Å². The Hall–Kier alpha value is -0.870. The first-order valence-corrected chi connectivity index (χ1v) is 6.12. The molecule has 0 bridgehead atoms. The SMILES string of the molecule is Fc1cc(CCl)cc(F)c1N1CCCOCC1. The first kappa shape index (κ1) is 12.6. The molecule has 0 radical (unpaired) electrons. The normalized spacial score (nSPS) is 17.0. The van der Waals surface area contributed by atoms with Gasteiger partial charge >= 0.3 is 0 Å². The highest BCUT2D eigenvalue weighted by atomic mass is 35.5. The summed E-state index contributed by atoms with van der Waals surface area (Å²) in [6, 6.07) is 2.58. The van der Waals surface area contributed by atoms with Gasteiger partial charge in [-0.05, 0) is 24.1 Å². The molecule has 2 nitrogen and oxygen atoms in total. The lowest BCUT2D eigenvalue weighted by Crippen LogP contribution is -2.28. The Morgan fingerprint density at radius 1 is 1.18 bits per heavy atom. The first-order chi connectivity index (χ1) is 8.22. The highest BCUT2D eigenvalue weighted by Gasteiger charge is 2.19. The van der Waals surface area contributed by atoms with Crippen molar-refractivity contribution < 1.29 is 13.5 Å². The summed E-state index contributed by atoms with van der Waals surface area (Å²) >= 11 is 5.57. The zero-order valence-electron chi connectivity index (χ0n) is 9.39. The Kier molecular flexibility index (Phi) is 4.18. The smallest absolute Gasteiger partial charge is 0.149 e. The Balaban J connectivity index is 2.30. The van der Waals surface area contributed by atoms with Gasteiger partial charge in [0, 0.05) is 25.6 Å². The first-order valence-electron chi connectivity index (χ1n) is 5.59. The lowest BCUT2D eigenvalue weighted by atomic mass is 10.2. The molecule has 0 atom stereocenters. The molecule has 0 unspecified atom stereocenters. The topological polar surface area (TPSA) is 12.5 Å². The van der Waals surface area contributed by atoms with Crippen LogP contribution in [0.5, 0.6) is 0 Å². The van der Waals surface area contributed by atoms with Gasteiger partial charge in [0.1, 0.15) is 17.3 Å². The third-order valence-electron chi connectivity index (χ3n) is 2.77. The largest absolute Gasteiger partial charge is 0.380 e. The van der Waals surface area contributed by atoms with Crippen LogP contribution in [0.25, 0.3) is 0 Å². The van der Waals surface area contributed by atoms with Crippen LogP contribution in [-0.2, 0) is 10.6 Å². The number of hydrogen-bond donors (Lipinski definition) is 0. The van der Waals surface area contributed by atoms with E-state index < -0.39 is 11.6 Å². The number of benzene rings is 1. The number of alkyl halides is 1. The quantitative estimate of drug-likeness (QED) is 0.759. The number of halogens is 3. The number of nitrogens with zero attached hydrogens (tertiary/aromatic N) is 1. The Labute approximate surface area is 104 Å². The second-order valence-corrected chi connectivity index (χ2v) is 4.26. The number of ether oxygens (including phenoxy) is 1. The molecule has 0 N–H and O–H groups in total. The number of rotatable bonds is 2.